The van der Waals surface area contributed by atoms with Crippen molar-refractivity contribution in [1.29, 1.82) is 0 Å². The summed E-state index contributed by atoms with van der Waals surface area (Å²) in [6.07, 6.45) is 1.87. The maximum atomic E-state index is 12.8. The Hall–Kier alpha value is -2.03. The number of nitro benzene ring substituents is 1. The minimum atomic E-state index is -0.441. The molecule has 2 atom stereocenters. The summed E-state index contributed by atoms with van der Waals surface area (Å²) in [4.78, 5) is 29.5. The average Bonchev–Trinajstić information content (AvgIpc) is 3.11. The maximum Gasteiger partial charge on any atom is 0.273 e. The van der Waals surface area contributed by atoms with E-state index in [9.17, 15) is 14.9 Å². The summed E-state index contributed by atoms with van der Waals surface area (Å²) in [5.41, 5.74) is 6.86. The van der Waals surface area contributed by atoms with Gasteiger partial charge in [-0.1, -0.05) is 19.1 Å². The zero-order valence-corrected chi connectivity index (χ0v) is 16.0. The highest BCUT2D eigenvalue weighted by molar-refractivity contribution is 7.13. The number of hydrogen-bond donors (Lipinski definition) is 1. The van der Waals surface area contributed by atoms with Crippen molar-refractivity contribution in [2.75, 3.05) is 13.1 Å². The van der Waals surface area contributed by atoms with Gasteiger partial charge in [-0.3, -0.25) is 14.9 Å². The number of thiazole rings is 1. The van der Waals surface area contributed by atoms with Gasteiger partial charge in [0.1, 0.15) is 10.7 Å². The monoisotopic (exact) mass is 396 g/mol. The van der Waals surface area contributed by atoms with Crippen LogP contribution in [0.15, 0.2) is 29.6 Å². The maximum absolute atomic E-state index is 12.8. The summed E-state index contributed by atoms with van der Waals surface area (Å²) >= 11 is 1.31. The molecule has 0 aliphatic carbocycles. The minimum Gasteiger partial charge on any atom is -0.333 e. The molecule has 1 aromatic carbocycles. The molecule has 1 amide bonds. The van der Waals surface area contributed by atoms with E-state index < -0.39 is 4.92 Å². The van der Waals surface area contributed by atoms with E-state index >= 15 is 0 Å². The van der Waals surface area contributed by atoms with Crippen LogP contribution in [0.1, 0.15) is 30.3 Å². The smallest absolute Gasteiger partial charge is 0.273 e. The zero-order valence-electron chi connectivity index (χ0n) is 14.3. The third-order valence-corrected chi connectivity index (χ3v) is 5.43. The molecule has 2 aromatic rings. The number of carbonyl (C=O) groups excluding carboxylic acids is 1. The Kier molecular flexibility index (Phi) is 6.69. The molecule has 1 aliphatic rings. The average molecular weight is 397 g/mol. The predicted octanol–water partition coefficient (Wildman–Crippen LogP) is 3.34. The van der Waals surface area contributed by atoms with Crippen molar-refractivity contribution < 1.29 is 9.72 Å². The quantitative estimate of drug-likeness (QED) is 0.630. The lowest BCUT2D eigenvalue weighted by Crippen LogP contribution is -2.49. The van der Waals surface area contributed by atoms with Crippen LogP contribution in [0.25, 0.3) is 10.6 Å². The normalized spacial score (nSPS) is 19.7. The zero-order chi connectivity index (χ0) is 18.0. The molecule has 1 fully saturated rings. The Morgan fingerprint density at radius 1 is 1.50 bits per heavy atom. The van der Waals surface area contributed by atoms with Gasteiger partial charge in [0.15, 0.2) is 0 Å². The van der Waals surface area contributed by atoms with Crippen LogP contribution >= 0.6 is 23.7 Å². The highest BCUT2D eigenvalue weighted by Gasteiger charge is 2.30. The van der Waals surface area contributed by atoms with Gasteiger partial charge in [-0.2, -0.15) is 0 Å². The fraction of sp³-hybridized carbons (Fsp3) is 0.412. The molecule has 0 saturated carbocycles. The minimum absolute atomic E-state index is 0. The van der Waals surface area contributed by atoms with Crippen molar-refractivity contribution in [2.45, 2.75) is 25.8 Å². The summed E-state index contributed by atoms with van der Waals surface area (Å²) in [5.74, 6) is 0.448. The number of nitrogens with zero attached hydrogens (tertiary/aromatic N) is 3. The number of halogens is 1. The van der Waals surface area contributed by atoms with Crippen molar-refractivity contribution in [3.05, 3.63) is 45.5 Å². The van der Waals surface area contributed by atoms with E-state index in [4.69, 9.17) is 5.73 Å². The predicted molar refractivity (Wildman–Crippen MR) is 104 cm³/mol. The number of nitro groups is 1. The molecule has 3 rings (SSSR count). The Labute approximate surface area is 161 Å². The molecule has 2 heterocycles. The highest BCUT2D eigenvalue weighted by atomic mass is 35.5. The fourth-order valence-electron chi connectivity index (χ4n) is 3.15. The van der Waals surface area contributed by atoms with E-state index in [0.717, 1.165) is 12.8 Å². The molecule has 7 nitrogen and oxygen atoms in total. The number of hydrogen-bond acceptors (Lipinski definition) is 6. The van der Waals surface area contributed by atoms with Crippen LogP contribution in [0.5, 0.6) is 0 Å². The van der Waals surface area contributed by atoms with Crippen molar-refractivity contribution >= 4 is 35.3 Å². The number of piperidine rings is 1. The second-order valence-corrected chi connectivity index (χ2v) is 7.22. The fourth-order valence-corrected chi connectivity index (χ4v) is 3.94. The van der Waals surface area contributed by atoms with Crippen molar-refractivity contribution in [2.24, 2.45) is 11.7 Å². The summed E-state index contributed by atoms with van der Waals surface area (Å²) in [6, 6.07) is 6.32. The number of nitrogens with two attached hydrogens (primary N) is 1. The van der Waals surface area contributed by atoms with Crippen LogP contribution < -0.4 is 5.73 Å². The molecular weight excluding hydrogens is 376 g/mol. The number of benzene rings is 1. The molecular formula is C17H21ClN4O3S. The van der Waals surface area contributed by atoms with E-state index in [1.807, 2.05) is 4.90 Å². The van der Waals surface area contributed by atoms with Gasteiger partial charge >= 0.3 is 0 Å². The third kappa shape index (κ3) is 4.20. The van der Waals surface area contributed by atoms with Gasteiger partial charge in [0.05, 0.1) is 4.92 Å². The molecule has 1 saturated heterocycles. The second kappa shape index (κ2) is 8.57. The summed E-state index contributed by atoms with van der Waals surface area (Å²) in [7, 11) is 0. The molecule has 9 heteroatoms. The van der Waals surface area contributed by atoms with E-state index in [2.05, 4.69) is 11.9 Å². The Morgan fingerprint density at radius 3 is 2.96 bits per heavy atom. The van der Waals surface area contributed by atoms with E-state index in [-0.39, 0.29) is 30.0 Å². The van der Waals surface area contributed by atoms with Crippen LogP contribution in [0.3, 0.4) is 0 Å². The van der Waals surface area contributed by atoms with Gasteiger partial charge in [-0.15, -0.1) is 23.7 Å². The summed E-state index contributed by atoms with van der Waals surface area (Å²) < 4.78 is 0. The van der Waals surface area contributed by atoms with Crippen LogP contribution in [0, 0.1) is 16.0 Å². The van der Waals surface area contributed by atoms with E-state index in [1.165, 1.54) is 23.5 Å². The van der Waals surface area contributed by atoms with Crippen molar-refractivity contribution in [1.82, 2.24) is 9.88 Å². The van der Waals surface area contributed by atoms with Gasteiger partial charge < -0.3 is 10.6 Å². The van der Waals surface area contributed by atoms with E-state index in [0.29, 0.717) is 35.3 Å². The molecule has 0 bridgehead atoms. The van der Waals surface area contributed by atoms with Gasteiger partial charge in [-0.25, -0.2) is 4.98 Å². The van der Waals surface area contributed by atoms with Crippen LogP contribution in [-0.4, -0.2) is 39.8 Å². The highest BCUT2D eigenvalue weighted by Crippen LogP contribution is 2.29. The topological polar surface area (TPSA) is 102 Å². The van der Waals surface area contributed by atoms with Gasteiger partial charge in [0.25, 0.3) is 11.6 Å². The second-order valence-electron chi connectivity index (χ2n) is 6.36. The van der Waals surface area contributed by atoms with E-state index in [1.54, 1.807) is 17.5 Å². The molecule has 26 heavy (non-hydrogen) atoms. The Balaban J connectivity index is 0.00000243. The first-order valence-electron chi connectivity index (χ1n) is 8.21. The number of aromatic nitrogens is 1. The lowest BCUT2D eigenvalue weighted by Gasteiger charge is -2.37. The third-order valence-electron chi connectivity index (χ3n) is 4.54. The number of rotatable bonds is 4. The first kappa shape index (κ1) is 20.3. The molecule has 1 aliphatic heterocycles. The molecule has 2 unspecified atom stereocenters. The standard InChI is InChI=1S/C17H20N4O3S.ClH/c1-11-5-6-20(14(7-11)9-18)17(22)15-10-25-16(19-15)12-3-2-4-13(8-12)21(23)24;/h2-4,8,10-11,14H,5-7,9,18H2,1H3;1H. The number of non-ortho nitro benzene ring substituents is 1. The van der Waals surface area contributed by atoms with Crippen LogP contribution in [0.2, 0.25) is 0 Å². The largest absolute Gasteiger partial charge is 0.333 e. The first-order chi connectivity index (χ1) is 12.0. The van der Waals surface area contributed by atoms with Crippen LogP contribution in [-0.2, 0) is 0 Å². The van der Waals surface area contributed by atoms with Crippen LogP contribution in [0.4, 0.5) is 5.69 Å². The summed E-state index contributed by atoms with van der Waals surface area (Å²) in [5, 5.41) is 13.2. The molecule has 140 valence electrons. The lowest BCUT2D eigenvalue weighted by atomic mass is 9.92. The number of likely N-dealkylation sites (tertiary alicyclic amines) is 1. The van der Waals surface area contributed by atoms with Crippen molar-refractivity contribution in [3.8, 4) is 10.6 Å². The van der Waals surface area contributed by atoms with Crippen molar-refractivity contribution in [3.63, 3.8) is 0 Å². The Bertz CT molecular complexity index is 798. The number of carbonyl (C=O) groups is 1. The van der Waals surface area contributed by atoms with Gasteiger partial charge in [-0.05, 0) is 18.8 Å². The van der Waals surface area contributed by atoms with Gasteiger partial charge in [0, 0.05) is 42.2 Å². The summed E-state index contributed by atoms with van der Waals surface area (Å²) in [6.45, 7) is 3.30. The molecule has 0 radical (unpaired) electrons. The number of amides is 1. The lowest BCUT2D eigenvalue weighted by molar-refractivity contribution is -0.384. The Morgan fingerprint density at radius 2 is 2.27 bits per heavy atom. The molecule has 2 N–H and O–H groups in total. The first-order valence-corrected chi connectivity index (χ1v) is 9.09. The SMILES string of the molecule is CC1CCN(C(=O)c2csc(-c3cccc([N+](=O)[O-])c3)n2)C(CN)C1.Cl. The van der Waals surface area contributed by atoms with Gasteiger partial charge in [0.2, 0.25) is 0 Å². The molecule has 1 aromatic heterocycles. The molecule has 0 spiro atoms.